The standard InChI is InChI=1S/C25H16Cl2N2O7/c1-34-22-11-14(9-19(27)23(22)35-13-21(30)15-5-3-2-4-6-15)10-20-25(31)36-24(28-20)17-8-7-16(29(32)33)12-18(17)26/h2-12H,13H2,1H3/b20-10-. The molecule has 36 heavy (non-hydrogen) atoms. The van der Waals surface area contributed by atoms with E-state index >= 15 is 0 Å². The SMILES string of the molecule is COc1cc(/C=C2\N=C(c3ccc([N+](=O)[O-])cc3Cl)OC2=O)cc(Cl)c1OCC(=O)c1ccccc1. The fourth-order valence-corrected chi connectivity index (χ4v) is 3.81. The summed E-state index contributed by atoms with van der Waals surface area (Å²) in [7, 11) is 1.41. The van der Waals surface area contributed by atoms with Crippen LogP contribution < -0.4 is 9.47 Å². The van der Waals surface area contributed by atoms with Gasteiger partial charge in [-0.2, -0.15) is 0 Å². The topological polar surface area (TPSA) is 117 Å². The van der Waals surface area contributed by atoms with Gasteiger partial charge in [-0.1, -0.05) is 53.5 Å². The van der Waals surface area contributed by atoms with Gasteiger partial charge in [0.05, 0.1) is 27.6 Å². The van der Waals surface area contributed by atoms with Gasteiger partial charge in [-0.15, -0.1) is 0 Å². The molecule has 9 nitrogen and oxygen atoms in total. The molecular weight excluding hydrogens is 511 g/mol. The molecule has 0 aliphatic carbocycles. The molecule has 1 aliphatic rings. The van der Waals surface area contributed by atoms with Gasteiger partial charge in [0.2, 0.25) is 5.90 Å². The van der Waals surface area contributed by atoms with Crippen LogP contribution in [0.5, 0.6) is 11.5 Å². The van der Waals surface area contributed by atoms with Gasteiger partial charge in [-0.25, -0.2) is 9.79 Å². The molecule has 0 aromatic heterocycles. The van der Waals surface area contributed by atoms with Crippen LogP contribution in [0.15, 0.2) is 71.4 Å². The molecule has 0 amide bonds. The molecule has 11 heteroatoms. The third-order valence-electron chi connectivity index (χ3n) is 5.01. The number of aliphatic imine (C=N–C) groups is 1. The van der Waals surface area contributed by atoms with E-state index in [1.54, 1.807) is 36.4 Å². The summed E-state index contributed by atoms with van der Waals surface area (Å²) >= 11 is 12.5. The predicted molar refractivity (Wildman–Crippen MR) is 133 cm³/mol. The first-order valence-corrected chi connectivity index (χ1v) is 11.1. The number of rotatable bonds is 8. The van der Waals surface area contributed by atoms with Crippen molar-refractivity contribution in [1.29, 1.82) is 0 Å². The summed E-state index contributed by atoms with van der Waals surface area (Å²) in [6.45, 7) is -0.253. The highest BCUT2D eigenvalue weighted by molar-refractivity contribution is 6.35. The number of halogens is 2. The molecule has 0 radical (unpaired) electrons. The number of carbonyl (C=O) groups is 2. The lowest BCUT2D eigenvalue weighted by Crippen LogP contribution is -2.12. The minimum absolute atomic E-state index is 0.00765. The molecule has 3 aromatic rings. The van der Waals surface area contributed by atoms with Crippen LogP contribution >= 0.6 is 23.2 Å². The number of hydrogen-bond donors (Lipinski definition) is 0. The third-order valence-corrected chi connectivity index (χ3v) is 5.61. The van der Waals surface area contributed by atoms with Crippen LogP contribution in [-0.2, 0) is 9.53 Å². The van der Waals surface area contributed by atoms with Gasteiger partial charge in [0, 0.05) is 17.7 Å². The first kappa shape index (κ1) is 24.9. The fourth-order valence-electron chi connectivity index (χ4n) is 3.28. The highest BCUT2D eigenvalue weighted by Crippen LogP contribution is 2.37. The number of ketones is 1. The van der Waals surface area contributed by atoms with E-state index in [0.717, 1.165) is 6.07 Å². The van der Waals surface area contributed by atoms with E-state index in [-0.39, 0.29) is 56.8 Å². The number of cyclic esters (lactones) is 1. The molecule has 0 saturated carbocycles. The second-order valence-electron chi connectivity index (χ2n) is 7.37. The Labute approximate surface area is 214 Å². The average Bonchev–Trinajstić information content (AvgIpc) is 3.22. The molecule has 0 bridgehead atoms. The van der Waals surface area contributed by atoms with E-state index in [9.17, 15) is 19.7 Å². The molecule has 182 valence electrons. The average molecular weight is 527 g/mol. The van der Waals surface area contributed by atoms with Crippen LogP contribution in [0.1, 0.15) is 21.5 Å². The summed E-state index contributed by atoms with van der Waals surface area (Å²) in [5.74, 6) is -0.669. The number of methoxy groups -OCH3 is 1. The molecule has 1 heterocycles. The molecule has 4 rings (SSSR count). The zero-order valence-electron chi connectivity index (χ0n) is 18.6. The van der Waals surface area contributed by atoms with Crippen molar-refractivity contribution in [3.05, 3.63) is 103 Å². The van der Waals surface area contributed by atoms with Crippen LogP contribution in [0.4, 0.5) is 5.69 Å². The minimum atomic E-state index is -0.747. The molecular formula is C25H16Cl2N2O7. The summed E-state index contributed by atoms with van der Waals surface area (Å²) in [6.07, 6.45) is 1.42. The monoisotopic (exact) mass is 526 g/mol. The van der Waals surface area contributed by atoms with Crippen molar-refractivity contribution in [2.45, 2.75) is 0 Å². The molecule has 1 aliphatic heterocycles. The second kappa shape index (κ2) is 10.6. The Hall–Kier alpha value is -4.21. The first-order valence-electron chi connectivity index (χ1n) is 10.3. The highest BCUT2D eigenvalue weighted by atomic mass is 35.5. The lowest BCUT2D eigenvalue weighted by atomic mass is 10.1. The molecule has 0 unspecified atom stereocenters. The van der Waals surface area contributed by atoms with Gasteiger partial charge < -0.3 is 14.2 Å². The Bertz CT molecular complexity index is 1440. The Morgan fingerprint density at radius 1 is 1.11 bits per heavy atom. The van der Waals surface area contributed by atoms with Crippen molar-refractivity contribution in [2.24, 2.45) is 4.99 Å². The Morgan fingerprint density at radius 2 is 1.86 bits per heavy atom. The van der Waals surface area contributed by atoms with E-state index in [1.807, 2.05) is 0 Å². The van der Waals surface area contributed by atoms with Crippen LogP contribution in [0.2, 0.25) is 10.0 Å². The third kappa shape index (κ3) is 5.37. The summed E-state index contributed by atoms with van der Waals surface area (Å²) < 4.78 is 16.2. The van der Waals surface area contributed by atoms with E-state index in [0.29, 0.717) is 11.1 Å². The van der Waals surface area contributed by atoms with Gasteiger partial charge in [0.1, 0.15) is 0 Å². The quantitative estimate of drug-likeness (QED) is 0.125. The van der Waals surface area contributed by atoms with Crippen LogP contribution in [-0.4, -0.2) is 36.3 Å². The van der Waals surface area contributed by atoms with Crippen LogP contribution in [0, 0.1) is 10.1 Å². The van der Waals surface area contributed by atoms with E-state index in [4.69, 9.17) is 37.4 Å². The number of ether oxygens (including phenoxy) is 3. The molecule has 0 fully saturated rings. The minimum Gasteiger partial charge on any atom is -0.493 e. The number of benzene rings is 3. The molecule has 3 aromatic carbocycles. The fraction of sp³-hybridized carbons (Fsp3) is 0.0800. The number of nitrogens with zero attached hydrogens (tertiary/aromatic N) is 2. The van der Waals surface area contributed by atoms with Gasteiger partial charge in [-0.3, -0.25) is 14.9 Å². The number of nitro groups is 1. The van der Waals surface area contributed by atoms with Crippen molar-refractivity contribution < 1.29 is 28.7 Å². The summed E-state index contributed by atoms with van der Waals surface area (Å²) in [5, 5.41) is 11.1. The van der Waals surface area contributed by atoms with Gasteiger partial charge >= 0.3 is 5.97 Å². The highest BCUT2D eigenvalue weighted by Gasteiger charge is 2.27. The smallest absolute Gasteiger partial charge is 0.363 e. The van der Waals surface area contributed by atoms with Crippen LogP contribution in [0.25, 0.3) is 6.08 Å². The van der Waals surface area contributed by atoms with Crippen LogP contribution in [0.3, 0.4) is 0 Å². The van der Waals surface area contributed by atoms with Gasteiger partial charge in [-0.05, 0) is 29.8 Å². The molecule has 0 spiro atoms. The number of nitro benzene ring substituents is 1. The summed E-state index contributed by atoms with van der Waals surface area (Å²) in [6, 6.07) is 15.4. The Morgan fingerprint density at radius 3 is 2.53 bits per heavy atom. The first-order chi connectivity index (χ1) is 17.3. The van der Waals surface area contributed by atoms with Crippen molar-refractivity contribution in [3.63, 3.8) is 0 Å². The zero-order valence-corrected chi connectivity index (χ0v) is 20.1. The number of hydrogen-bond acceptors (Lipinski definition) is 8. The van der Waals surface area contributed by atoms with Crippen molar-refractivity contribution in [3.8, 4) is 11.5 Å². The number of carbonyl (C=O) groups excluding carboxylic acids is 2. The Balaban J connectivity index is 1.58. The van der Waals surface area contributed by atoms with E-state index < -0.39 is 10.9 Å². The van der Waals surface area contributed by atoms with Crippen molar-refractivity contribution in [2.75, 3.05) is 13.7 Å². The zero-order chi connectivity index (χ0) is 25.8. The largest absolute Gasteiger partial charge is 0.493 e. The summed E-state index contributed by atoms with van der Waals surface area (Å²) in [4.78, 5) is 39.2. The lowest BCUT2D eigenvalue weighted by Gasteiger charge is -2.13. The van der Waals surface area contributed by atoms with Gasteiger partial charge in [0.25, 0.3) is 5.69 Å². The predicted octanol–water partition coefficient (Wildman–Crippen LogP) is 5.52. The normalized spacial score (nSPS) is 13.8. The van der Waals surface area contributed by atoms with Crippen molar-refractivity contribution >= 4 is 52.6 Å². The number of esters is 1. The second-order valence-corrected chi connectivity index (χ2v) is 8.18. The maximum Gasteiger partial charge on any atom is 0.363 e. The maximum atomic E-state index is 12.4. The van der Waals surface area contributed by atoms with Crippen molar-refractivity contribution in [1.82, 2.24) is 0 Å². The number of Topliss-reactive ketones (excluding diaryl/α,β-unsaturated/α-hetero) is 1. The molecule has 0 atom stereocenters. The summed E-state index contributed by atoms with van der Waals surface area (Å²) in [5.41, 5.74) is 0.909. The Kier molecular flexibility index (Phi) is 7.33. The molecule has 0 saturated heterocycles. The lowest BCUT2D eigenvalue weighted by molar-refractivity contribution is -0.384. The van der Waals surface area contributed by atoms with Gasteiger partial charge in [0.15, 0.2) is 29.6 Å². The molecule has 0 N–H and O–H groups in total. The van der Waals surface area contributed by atoms with E-state index in [1.165, 1.54) is 31.4 Å². The maximum absolute atomic E-state index is 12.4. The van der Waals surface area contributed by atoms with E-state index in [2.05, 4.69) is 4.99 Å². The number of non-ortho nitro benzene ring substituents is 1.